The maximum Gasteiger partial charge on any atom is 0.161 e. The zero-order valence-corrected chi connectivity index (χ0v) is 13.8. The summed E-state index contributed by atoms with van der Waals surface area (Å²) in [6.45, 7) is 3.41. The number of hydrogen-bond acceptors (Lipinski definition) is 4. The summed E-state index contributed by atoms with van der Waals surface area (Å²) in [6, 6.07) is 15.0. The minimum Gasteiger partial charge on any atom is -0.486 e. The zero-order valence-electron chi connectivity index (χ0n) is 13.8. The van der Waals surface area contributed by atoms with Crippen molar-refractivity contribution < 1.29 is 14.6 Å². The summed E-state index contributed by atoms with van der Waals surface area (Å²) in [4.78, 5) is 2.53. The molecule has 1 N–H and O–H groups in total. The Bertz CT molecular complexity index is 699. The molecule has 2 aliphatic rings. The van der Waals surface area contributed by atoms with Gasteiger partial charge in [0.25, 0.3) is 0 Å². The predicted molar refractivity (Wildman–Crippen MR) is 92.2 cm³/mol. The standard InChI is InChI=1S/C20H23NO3/c22-14-16-5-3-15(4-6-16)13-21-9-1-2-18(21)17-7-8-19-20(12-17)24-11-10-23-19/h3-8,12,18,22H,1-2,9-11,13-14H2. The molecule has 1 saturated heterocycles. The smallest absolute Gasteiger partial charge is 0.161 e. The second-order valence-electron chi connectivity index (χ2n) is 6.51. The molecule has 1 unspecified atom stereocenters. The minimum absolute atomic E-state index is 0.101. The number of benzene rings is 2. The van der Waals surface area contributed by atoms with Gasteiger partial charge in [-0.3, -0.25) is 4.90 Å². The summed E-state index contributed by atoms with van der Waals surface area (Å²) in [7, 11) is 0. The lowest BCUT2D eigenvalue weighted by molar-refractivity contribution is 0.170. The van der Waals surface area contributed by atoms with E-state index >= 15 is 0 Å². The van der Waals surface area contributed by atoms with Crippen LogP contribution in [-0.2, 0) is 13.2 Å². The van der Waals surface area contributed by atoms with Crippen LogP contribution < -0.4 is 9.47 Å². The summed E-state index contributed by atoms with van der Waals surface area (Å²) in [6.07, 6.45) is 2.39. The Labute approximate surface area is 142 Å². The molecule has 2 heterocycles. The van der Waals surface area contributed by atoms with Crippen LogP contribution in [0.25, 0.3) is 0 Å². The number of aliphatic hydroxyl groups excluding tert-OH is 1. The molecular formula is C20H23NO3. The first kappa shape index (κ1) is 15.5. The van der Waals surface area contributed by atoms with E-state index in [4.69, 9.17) is 14.6 Å². The molecule has 4 nitrogen and oxygen atoms in total. The van der Waals surface area contributed by atoms with E-state index in [1.165, 1.54) is 24.0 Å². The fourth-order valence-electron chi connectivity index (χ4n) is 3.64. The van der Waals surface area contributed by atoms with Gasteiger partial charge in [0, 0.05) is 12.6 Å². The van der Waals surface area contributed by atoms with Gasteiger partial charge in [-0.25, -0.2) is 0 Å². The molecular weight excluding hydrogens is 302 g/mol. The highest BCUT2D eigenvalue weighted by Gasteiger charge is 2.27. The summed E-state index contributed by atoms with van der Waals surface area (Å²) in [5.74, 6) is 1.73. The molecule has 126 valence electrons. The third kappa shape index (κ3) is 3.12. The van der Waals surface area contributed by atoms with Gasteiger partial charge in [0.05, 0.1) is 6.61 Å². The van der Waals surface area contributed by atoms with Crippen LogP contribution in [0.4, 0.5) is 0 Å². The minimum atomic E-state index is 0.101. The lowest BCUT2D eigenvalue weighted by Gasteiger charge is -2.26. The van der Waals surface area contributed by atoms with Gasteiger partial charge in [-0.1, -0.05) is 30.3 Å². The van der Waals surface area contributed by atoms with Crippen LogP contribution in [0.15, 0.2) is 42.5 Å². The number of hydrogen-bond donors (Lipinski definition) is 1. The third-order valence-electron chi connectivity index (χ3n) is 4.91. The molecule has 0 aliphatic carbocycles. The Balaban J connectivity index is 1.51. The van der Waals surface area contributed by atoms with Crippen molar-refractivity contribution in [2.75, 3.05) is 19.8 Å². The van der Waals surface area contributed by atoms with E-state index in [9.17, 15) is 0 Å². The summed E-state index contributed by atoms with van der Waals surface area (Å²) < 4.78 is 11.4. The summed E-state index contributed by atoms with van der Waals surface area (Å²) in [5, 5.41) is 9.17. The fourth-order valence-corrected chi connectivity index (χ4v) is 3.64. The summed E-state index contributed by atoms with van der Waals surface area (Å²) >= 11 is 0. The molecule has 0 radical (unpaired) electrons. The van der Waals surface area contributed by atoms with Crippen molar-refractivity contribution >= 4 is 0 Å². The maximum atomic E-state index is 9.17. The Hall–Kier alpha value is -2.04. The van der Waals surface area contributed by atoms with Gasteiger partial charge >= 0.3 is 0 Å². The van der Waals surface area contributed by atoms with E-state index in [1.807, 2.05) is 18.2 Å². The Morgan fingerprint density at radius 1 is 0.958 bits per heavy atom. The maximum absolute atomic E-state index is 9.17. The van der Waals surface area contributed by atoms with Crippen molar-refractivity contribution in [2.45, 2.75) is 32.0 Å². The predicted octanol–water partition coefficient (Wildman–Crippen LogP) is 3.29. The lowest BCUT2D eigenvalue weighted by Crippen LogP contribution is -2.23. The van der Waals surface area contributed by atoms with Gasteiger partial charge in [0.1, 0.15) is 13.2 Å². The normalized spacial score (nSPS) is 20.3. The van der Waals surface area contributed by atoms with Crippen molar-refractivity contribution in [3.05, 3.63) is 59.2 Å². The number of rotatable bonds is 4. The van der Waals surface area contributed by atoms with Crippen LogP contribution >= 0.6 is 0 Å². The van der Waals surface area contributed by atoms with Crippen molar-refractivity contribution in [2.24, 2.45) is 0 Å². The molecule has 1 fully saturated rings. The van der Waals surface area contributed by atoms with E-state index in [2.05, 4.69) is 29.2 Å². The Morgan fingerprint density at radius 3 is 2.50 bits per heavy atom. The number of likely N-dealkylation sites (tertiary alicyclic amines) is 1. The second-order valence-corrected chi connectivity index (χ2v) is 6.51. The molecule has 0 bridgehead atoms. The van der Waals surface area contributed by atoms with Gasteiger partial charge < -0.3 is 14.6 Å². The summed E-state index contributed by atoms with van der Waals surface area (Å²) in [5.41, 5.74) is 3.56. The van der Waals surface area contributed by atoms with Crippen molar-refractivity contribution in [1.82, 2.24) is 4.90 Å². The van der Waals surface area contributed by atoms with E-state index in [1.54, 1.807) is 0 Å². The average molecular weight is 325 g/mol. The van der Waals surface area contributed by atoms with Crippen molar-refractivity contribution in [1.29, 1.82) is 0 Å². The number of nitrogens with zero attached hydrogens (tertiary/aromatic N) is 1. The van der Waals surface area contributed by atoms with Gasteiger partial charge in [-0.2, -0.15) is 0 Å². The molecule has 4 rings (SSSR count). The van der Waals surface area contributed by atoms with Gasteiger partial charge in [0.2, 0.25) is 0 Å². The Kier molecular flexibility index (Phi) is 4.41. The number of ether oxygens (including phenoxy) is 2. The molecule has 0 spiro atoms. The first-order valence-electron chi connectivity index (χ1n) is 8.66. The van der Waals surface area contributed by atoms with Crippen LogP contribution in [0, 0.1) is 0 Å². The van der Waals surface area contributed by atoms with E-state index < -0.39 is 0 Å². The van der Waals surface area contributed by atoms with Crippen LogP contribution in [0.2, 0.25) is 0 Å². The molecule has 2 aliphatic heterocycles. The van der Waals surface area contributed by atoms with Gasteiger partial charge in [-0.15, -0.1) is 0 Å². The van der Waals surface area contributed by atoms with Crippen LogP contribution in [0.5, 0.6) is 11.5 Å². The van der Waals surface area contributed by atoms with E-state index in [0.29, 0.717) is 19.3 Å². The van der Waals surface area contributed by atoms with E-state index in [-0.39, 0.29) is 6.61 Å². The average Bonchev–Trinajstić information content (AvgIpc) is 3.10. The van der Waals surface area contributed by atoms with Crippen molar-refractivity contribution in [3.63, 3.8) is 0 Å². The Morgan fingerprint density at radius 2 is 1.71 bits per heavy atom. The van der Waals surface area contributed by atoms with Crippen LogP contribution in [0.1, 0.15) is 35.6 Å². The monoisotopic (exact) mass is 325 g/mol. The quantitative estimate of drug-likeness (QED) is 0.937. The zero-order chi connectivity index (χ0) is 16.4. The molecule has 0 saturated carbocycles. The number of fused-ring (bicyclic) bond motifs is 1. The van der Waals surface area contributed by atoms with Crippen LogP contribution in [-0.4, -0.2) is 29.8 Å². The van der Waals surface area contributed by atoms with Gasteiger partial charge in [-0.05, 0) is 48.2 Å². The first-order chi connectivity index (χ1) is 11.8. The highest BCUT2D eigenvalue weighted by molar-refractivity contribution is 5.44. The third-order valence-corrected chi connectivity index (χ3v) is 4.91. The second kappa shape index (κ2) is 6.83. The molecule has 2 aromatic rings. The lowest BCUT2D eigenvalue weighted by atomic mass is 10.0. The molecule has 0 amide bonds. The number of aliphatic hydroxyl groups is 1. The van der Waals surface area contributed by atoms with Crippen molar-refractivity contribution in [3.8, 4) is 11.5 Å². The van der Waals surface area contributed by atoms with E-state index in [0.717, 1.165) is 30.2 Å². The topological polar surface area (TPSA) is 41.9 Å². The molecule has 0 aromatic heterocycles. The first-order valence-corrected chi connectivity index (χ1v) is 8.66. The highest BCUT2D eigenvalue weighted by Crippen LogP contribution is 2.38. The largest absolute Gasteiger partial charge is 0.486 e. The molecule has 4 heteroatoms. The fraction of sp³-hybridized carbons (Fsp3) is 0.400. The SMILES string of the molecule is OCc1ccc(CN2CCCC2c2ccc3c(c2)OCCO3)cc1. The molecule has 2 aromatic carbocycles. The van der Waals surface area contributed by atoms with Gasteiger partial charge in [0.15, 0.2) is 11.5 Å². The van der Waals surface area contributed by atoms with Crippen LogP contribution in [0.3, 0.4) is 0 Å². The molecule has 1 atom stereocenters. The molecule has 24 heavy (non-hydrogen) atoms. The highest BCUT2D eigenvalue weighted by atomic mass is 16.6.